The Morgan fingerprint density at radius 3 is 2.20 bits per heavy atom. The number of carbonyl (C=O) groups is 1. The number of carboxylic acid groups (broad SMARTS) is 1. The average molecular weight is 350 g/mol. The Morgan fingerprint density at radius 1 is 1.12 bits per heavy atom. The average Bonchev–Trinajstić information content (AvgIpc) is 2.53. The molecule has 0 aliphatic carbocycles. The summed E-state index contributed by atoms with van der Waals surface area (Å²) in [6.45, 7) is 1.61. The monoisotopic (exact) mass is 350 g/mol. The fourth-order valence-electron chi connectivity index (χ4n) is 2.43. The minimum Gasteiger partial charge on any atom is -0.481 e. The van der Waals surface area contributed by atoms with Gasteiger partial charge in [0.05, 0.1) is 17.9 Å². The van der Waals surface area contributed by atoms with E-state index in [0.717, 1.165) is 6.07 Å². The molecule has 130 valence electrons. The maximum atomic E-state index is 13.7. The number of halogens is 4. The van der Waals surface area contributed by atoms with Crippen molar-refractivity contribution < 1.29 is 27.5 Å². The molecule has 0 amide bonds. The molecule has 0 saturated heterocycles. The lowest BCUT2D eigenvalue weighted by atomic mass is 9.94. The highest BCUT2D eigenvalue weighted by atomic mass is 19.4. The zero-order valence-corrected chi connectivity index (χ0v) is 13.2. The molecule has 0 heterocycles. The number of benzene rings is 2. The van der Waals surface area contributed by atoms with Crippen LogP contribution in [0.3, 0.4) is 0 Å². The van der Waals surface area contributed by atoms with Crippen LogP contribution in [0, 0.1) is 17.7 Å². The summed E-state index contributed by atoms with van der Waals surface area (Å²) in [6, 6.07) is 9.22. The first kappa shape index (κ1) is 18.5. The number of hydrogen-bond acceptors (Lipinski definition) is 1. The SMILES string of the molecule is CC#CC(CC(=O)O)c1ccc(-c2ccc(C(F)(F)F)c(F)c2)cc1. The molecule has 0 fully saturated rings. The van der Waals surface area contributed by atoms with Gasteiger partial charge in [-0.1, -0.05) is 36.3 Å². The Labute approximate surface area is 142 Å². The molecule has 2 aromatic rings. The third kappa shape index (κ3) is 4.60. The van der Waals surface area contributed by atoms with Crippen LogP contribution < -0.4 is 0 Å². The van der Waals surface area contributed by atoms with E-state index in [2.05, 4.69) is 11.8 Å². The predicted molar refractivity (Wildman–Crippen MR) is 85.3 cm³/mol. The molecule has 1 N–H and O–H groups in total. The fraction of sp³-hybridized carbons (Fsp3) is 0.211. The van der Waals surface area contributed by atoms with Crippen molar-refractivity contribution in [1.82, 2.24) is 0 Å². The molecule has 0 spiro atoms. The van der Waals surface area contributed by atoms with Gasteiger partial charge in [-0.3, -0.25) is 4.79 Å². The highest BCUT2D eigenvalue weighted by molar-refractivity contribution is 5.69. The third-order valence-electron chi connectivity index (χ3n) is 3.62. The van der Waals surface area contributed by atoms with Crippen molar-refractivity contribution >= 4 is 5.97 Å². The van der Waals surface area contributed by atoms with Crippen molar-refractivity contribution in [3.8, 4) is 23.0 Å². The van der Waals surface area contributed by atoms with Crippen molar-refractivity contribution in [2.24, 2.45) is 0 Å². The summed E-state index contributed by atoms with van der Waals surface area (Å²) in [7, 11) is 0. The number of carboxylic acids is 1. The summed E-state index contributed by atoms with van der Waals surface area (Å²) >= 11 is 0. The second-order valence-corrected chi connectivity index (χ2v) is 5.36. The Bertz CT molecular complexity index is 827. The molecule has 1 unspecified atom stereocenters. The van der Waals surface area contributed by atoms with Gasteiger partial charge in [-0.05, 0) is 35.7 Å². The van der Waals surface area contributed by atoms with Gasteiger partial charge in [0.25, 0.3) is 0 Å². The highest BCUT2D eigenvalue weighted by Gasteiger charge is 2.33. The smallest absolute Gasteiger partial charge is 0.419 e. The van der Waals surface area contributed by atoms with Crippen LogP contribution >= 0.6 is 0 Å². The van der Waals surface area contributed by atoms with Crippen LogP contribution in [0.4, 0.5) is 17.6 Å². The maximum Gasteiger partial charge on any atom is 0.419 e. The lowest BCUT2D eigenvalue weighted by Crippen LogP contribution is -2.07. The van der Waals surface area contributed by atoms with Crippen molar-refractivity contribution in [3.63, 3.8) is 0 Å². The number of alkyl halides is 3. The first-order chi connectivity index (χ1) is 11.7. The first-order valence-corrected chi connectivity index (χ1v) is 7.33. The van der Waals surface area contributed by atoms with Crippen molar-refractivity contribution in [1.29, 1.82) is 0 Å². The maximum absolute atomic E-state index is 13.7. The summed E-state index contributed by atoms with van der Waals surface area (Å²) in [5, 5.41) is 8.93. The van der Waals surface area contributed by atoms with E-state index in [1.165, 1.54) is 6.07 Å². The molecule has 0 bridgehead atoms. The lowest BCUT2D eigenvalue weighted by Gasteiger charge is -2.11. The quantitative estimate of drug-likeness (QED) is 0.616. The molecule has 0 aliphatic rings. The normalized spacial score (nSPS) is 12.2. The highest BCUT2D eigenvalue weighted by Crippen LogP contribution is 2.33. The van der Waals surface area contributed by atoms with Gasteiger partial charge >= 0.3 is 12.1 Å². The molecule has 0 aromatic heterocycles. The van der Waals surface area contributed by atoms with Gasteiger partial charge in [-0.15, -0.1) is 5.92 Å². The standard InChI is InChI=1S/C19H14F4O2/c1-2-3-14(11-18(24)25)12-4-6-13(7-5-12)15-8-9-16(17(20)10-15)19(21,22)23/h4-10,14H,11H2,1H3,(H,24,25). The zero-order valence-electron chi connectivity index (χ0n) is 13.2. The van der Waals surface area contributed by atoms with E-state index in [1.54, 1.807) is 31.2 Å². The largest absolute Gasteiger partial charge is 0.481 e. The molecular formula is C19H14F4O2. The molecule has 25 heavy (non-hydrogen) atoms. The Balaban J connectivity index is 2.31. The molecule has 2 aromatic carbocycles. The van der Waals surface area contributed by atoms with E-state index in [0.29, 0.717) is 22.8 Å². The van der Waals surface area contributed by atoms with Crippen LogP contribution in [0.2, 0.25) is 0 Å². The molecule has 1 atom stereocenters. The van der Waals surface area contributed by atoms with Gasteiger partial charge in [0, 0.05) is 0 Å². The Kier molecular flexibility index (Phi) is 5.48. The molecule has 0 radical (unpaired) electrons. The van der Waals surface area contributed by atoms with Gasteiger partial charge in [0.15, 0.2) is 0 Å². The number of aliphatic carboxylic acids is 1. The van der Waals surface area contributed by atoms with Gasteiger partial charge in [0.1, 0.15) is 5.82 Å². The summed E-state index contributed by atoms with van der Waals surface area (Å²) in [6.07, 6.45) is -4.90. The number of hydrogen-bond donors (Lipinski definition) is 1. The van der Waals surface area contributed by atoms with Gasteiger partial charge in [-0.2, -0.15) is 13.2 Å². The molecule has 0 aliphatic heterocycles. The van der Waals surface area contributed by atoms with E-state index >= 15 is 0 Å². The van der Waals surface area contributed by atoms with Crippen LogP contribution in [0.1, 0.15) is 30.4 Å². The summed E-state index contributed by atoms with van der Waals surface area (Å²) in [4.78, 5) is 10.9. The van der Waals surface area contributed by atoms with E-state index in [4.69, 9.17) is 5.11 Å². The van der Waals surface area contributed by atoms with Crippen LogP contribution in [0.5, 0.6) is 0 Å². The molecule has 2 rings (SSSR count). The van der Waals surface area contributed by atoms with Crippen molar-refractivity contribution in [2.45, 2.75) is 25.4 Å². The second-order valence-electron chi connectivity index (χ2n) is 5.36. The topological polar surface area (TPSA) is 37.3 Å². The Morgan fingerprint density at radius 2 is 1.72 bits per heavy atom. The summed E-state index contributed by atoms with van der Waals surface area (Å²) < 4.78 is 51.5. The van der Waals surface area contributed by atoms with E-state index in [-0.39, 0.29) is 6.42 Å². The van der Waals surface area contributed by atoms with Crippen LogP contribution in [-0.4, -0.2) is 11.1 Å². The van der Waals surface area contributed by atoms with Crippen LogP contribution in [-0.2, 0) is 11.0 Å². The number of rotatable bonds is 4. The van der Waals surface area contributed by atoms with Crippen molar-refractivity contribution in [3.05, 3.63) is 59.4 Å². The van der Waals surface area contributed by atoms with E-state index < -0.39 is 29.4 Å². The Hall–Kier alpha value is -2.81. The summed E-state index contributed by atoms with van der Waals surface area (Å²) in [5.74, 6) is 2.67. The molecule has 0 saturated carbocycles. The van der Waals surface area contributed by atoms with E-state index in [1.807, 2.05) is 0 Å². The third-order valence-corrected chi connectivity index (χ3v) is 3.62. The first-order valence-electron chi connectivity index (χ1n) is 7.33. The van der Waals surface area contributed by atoms with Crippen LogP contribution in [0.15, 0.2) is 42.5 Å². The minimum atomic E-state index is -4.74. The van der Waals surface area contributed by atoms with Gasteiger partial charge < -0.3 is 5.11 Å². The molecular weight excluding hydrogens is 336 g/mol. The molecule has 6 heteroatoms. The molecule has 2 nitrogen and oxygen atoms in total. The fourth-order valence-corrected chi connectivity index (χ4v) is 2.43. The van der Waals surface area contributed by atoms with Crippen molar-refractivity contribution in [2.75, 3.05) is 0 Å². The van der Waals surface area contributed by atoms with Gasteiger partial charge in [-0.25, -0.2) is 4.39 Å². The minimum absolute atomic E-state index is 0.158. The summed E-state index contributed by atoms with van der Waals surface area (Å²) in [5.41, 5.74) is 0.184. The lowest BCUT2D eigenvalue weighted by molar-refractivity contribution is -0.140. The zero-order chi connectivity index (χ0) is 18.6. The predicted octanol–water partition coefficient (Wildman–Crippen LogP) is 5.09. The van der Waals surface area contributed by atoms with E-state index in [9.17, 15) is 22.4 Å². The van der Waals surface area contributed by atoms with Crippen LogP contribution in [0.25, 0.3) is 11.1 Å². The second kappa shape index (κ2) is 7.39. The van der Waals surface area contributed by atoms with Gasteiger partial charge in [0.2, 0.25) is 0 Å².